The third-order valence-corrected chi connectivity index (χ3v) is 6.51. The summed E-state index contributed by atoms with van der Waals surface area (Å²) in [7, 11) is -1.54. The summed E-state index contributed by atoms with van der Waals surface area (Å²) in [5.74, 6) is 1.08. The van der Waals surface area contributed by atoms with E-state index in [2.05, 4.69) is 85.0 Å². The summed E-state index contributed by atoms with van der Waals surface area (Å²) >= 11 is 0. The van der Waals surface area contributed by atoms with E-state index in [1.165, 1.54) is 21.5 Å². The maximum absolute atomic E-state index is 6.29. The summed E-state index contributed by atoms with van der Waals surface area (Å²) in [4.78, 5) is 0. The summed E-state index contributed by atoms with van der Waals surface area (Å²) in [6, 6.07) is 21.3. The van der Waals surface area contributed by atoms with Crippen LogP contribution in [0, 0.1) is 0 Å². The van der Waals surface area contributed by atoms with Gasteiger partial charge in [0.05, 0.1) is 13.6 Å². The molecule has 0 saturated heterocycles. The van der Waals surface area contributed by atoms with Crippen molar-refractivity contribution >= 4 is 35.9 Å². The van der Waals surface area contributed by atoms with Crippen LogP contribution >= 0.6 is 0 Å². The van der Waals surface area contributed by atoms with Crippen LogP contribution in [0.4, 0.5) is 5.69 Å². The highest BCUT2D eigenvalue weighted by atomic mass is 28.3. The van der Waals surface area contributed by atoms with E-state index in [0.717, 1.165) is 11.4 Å². The van der Waals surface area contributed by atoms with Gasteiger partial charge in [-0.05, 0) is 22.0 Å². The number of ether oxygens (including phenoxy) is 1. The molecule has 0 bridgehead atoms. The third kappa shape index (κ3) is 2.55. The first-order valence-electron chi connectivity index (χ1n) is 8.39. The molecule has 0 aliphatic carbocycles. The van der Waals surface area contributed by atoms with Crippen LogP contribution in [0.3, 0.4) is 0 Å². The number of hydrogen-bond acceptors (Lipinski definition) is 1. The van der Waals surface area contributed by atoms with Gasteiger partial charge in [0.2, 0.25) is 5.69 Å². The first-order valence-corrected chi connectivity index (χ1v) is 11.9. The molecule has 0 atom stereocenters. The van der Waals surface area contributed by atoms with E-state index in [1.54, 1.807) is 0 Å². The van der Waals surface area contributed by atoms with Gasteiger partial charge in [-0.2, -0.15) is 4.58 Å². The average Bonchev–Trinajstić information content (AvgIpc) is 2.59. The van der Waals surface area contributed by atoms with Gasteiger partial charge in [-0.25, -0.2) is 0 Å². The van der Waals surface area contributed by atoms with Gasteiger partial charge < -0.3 is 4.74 Å². The second-order valence-corrected chi connectivity index (χ2v) is 12.3. The molecule has 0 spiro atoms. The SMILES string of the molecule is C[Si](C)(C)c1c2c(cc3ccccc13)C=[N+](c1ccccc1)CO2. The number of hydrogen-bond donors (Lipinski definition) is 0. The lowest BCUT2D eigenvalue weighted by molar-refractivity contribution is -0.476. The molecule has 3 aromatic carbocycles. The van der Waals surface area contributed by atoms with E-state index in [4.69, 9.17) is 4.74 Å². The second kappa shape index (κ2) is 5.60. The summed E-state index contributed by atoms with van der Waals surface area (Å²) in [6.07, 6.45) is 2.23. The van der Waals surface area contributed by atoms with Gasteiger partial charge in [-0.3, -0.25) is 0 Å². The van der Waals surface area contributed by atoms with Crippen LogP contribution in [0.2, 0.25) is 19.6 Å². The van der Waals surface area contributed by atoms with Crippen molar-refractivity contribution in [2.45, 2.75) is 19.6 Å². The minimum atomic E-state index is -1.54. The summed E-state index contributed by atoms with van der Waals surface area (Å²) in [5.41, 5.74) is 2.34. The first-order chi connectivity index (χ1) is 11.5. The molecule has 4 rings (SSSR count). The van der Waals surface area contributed by atoms with Crippen molar-refractivity contribution in [2.75, 3.05) is 6.73 Å². The monoisotopic (exact) mass is 332 g/mol. The van der Waals surface area contributed by atoms with E-state index in [9.17, 15) is 0 Å². The number of fused-ring (bicyclic) bond motifs is 2. The molecule has 24 heavy (non-hydrogen) atoms. The molecule has 0 N–H and O–H groups in total. The number of nitrogens with zero attached hydrogens (tertiary/aromatic N) is 1. The summed E-state index contributed by atoms with van der Waals surface area (Å²) in [6.45, 7) is 7.73. The fraction of sp³-hybridized carbons (Fsp3) is 0.190. The van der Waals surface area contributed by atoms with Crippen LogP contribution < -0.4 is 9.92 Å². The Bertz CT molecular complexity index is 939. The van der Waals surface area contributed by atoms with Crippen molar-refractivity contribution < 1.29 is 9.31 Å². The lowest BCUT2D eigenvalue weighted by Gasteiger charge is -2.26. The maximum atomic E-state index is 6.29. The minimum Gasteiger partial charge on any atom is -0.435 e. The Labute approximate surface area is 144 Å². The first kappa shape index (κ1) is 15.2. The van der Waals surface area contributed by atoms with Gasteiger partial charge in [-0.15, -0.1) is 0 Å². The highest BCUT2D eigenvalue weighted by Gasteiger charge is 2.30. The topological polar surface area (TPSA) is 12.2 Å². The molecule has 0 radical (unpaired) electrons. The van der Waals surface area contributed by atoms with E-state index < -0.39 is 8.07 Å². The van der Waals surface area contributed by atoms with Gasteiger partial charge >= 0.3 is 0 Å². The van der Waals surface area contributed by atoms with Crippen molar-refractivity contribution in [2.24, 2.45) is 0 Å². The largest absolute Gasteiger partial charge is 0.435 e. The quantitative estimate of drug-likeness (QED) is 0.497. The van der Waals surface area contributed by atoms with Crippen LogP contribution in [0.15, 0.2) is 60.7 Å². The standard InChI is InChI=1S/C21H22NOSi/c1-24(2,3)21-19-12-8-7-9-16(19)13-17-14-22(15-23-20(17)21)18-10-5-4-6-11-18/h4-14H,15H2,1-3H3/q+1. The van der Waals surface area contributed by atoms with E-state index in [1.807, 2.05) is 6.07 Å². The minimum absolute atomic E-state index is 0.562. The molecule has 0 unspecified atom stereocenters. The van der Waals surface area contributed by atoms with E-state index in [-0.39, 0.29) is 0 Å². The lowest BCUT2D eigenvalue weighted by atomic mass is 10.1. The molecule has 1 aliphatic rings. The Hall–Kier alpha value is -2.39. The smallest absolute Gasteiger partial charge is 0.292 e. The number of benzene rings is 3. The molecule has 3 aromatic rings. The van der Waals surface area contributed by atoms with Crippen LogP contribution in [0.25, 0.3) is 10.8 Å². The molecule has 0 fully saturated rings. The van der Waals surface area contributed by atoms with Crippen molar-refractivity contribution in [3.05, 3.63) is 66.2 Å². The molecule has 3 heteroatoms. The van der Waals surface area contributed by atoms with Crippen LogP contribution in [-0.2, 0) is 0 Å². The molecule has 0 amide bonds. The Balaban J connectivity index is 1.97. The molecule has 1 heterocycles. The molecule has 2 nitrogen and oxygen atoms in total. The second-order valence-electron chi connectivity index (χ2n) is 7.35. The number of para-hydroxylation sites is 1. The average molecular weight is 332 g/mol. The van der Waals surface area contributed by atoms with Crippen LogP contribution in [-0.4, -0.2) is 25.6 Å². The lowest BCUT2D eigenvalue weighted by Crippen LogP contribution is -2.41. The van der Waals surface area contributed by atoms with Crippen molar-refractivity contribution in [3.8, 4) is 5.75 Å². The highest BCUT2D eigenvalue weighted by Crippen LogP contribution is 2.29. The molecular weight excluding hydrogens is 310 g/mol. The predicted octanol–water partition coefficient (Wildman–Crippen LogP) is 4.50. The van der Waals surface area contributed by atoms with E-state index in [0.29, 0.717) is 6.73 Å². The predicted molar refractivity (Wildman–Crippen MR) is 104 cm³/mol. The fourth-order valence-electron chi connectivity index (χ4n) is 3.45. The highest BCUT2D eigenvalue weighted by molar-refractivity contribution is 6.91. The normalized spacial score (nSPS) is 14.0. The zero-order valence-corrected chi connectivity index (χ0v) is 15.4. The molecule has 120 valence electrons. The molecule has 0 saturated carbocycles. The maximum Gasteiger partial charge on any atom is 0.292 e. The Morgan fingerprint density at radius 3 is 2.38 bits per heavy atom. The van der Waals surface area contributed by atoms with E-state index >= 15 is 0 Å². The van der Waals surface area contributed by atoms with Gasteiger partial charge in [-0.1, -0.05) is 62.1 Å². The van der Waals surface area contributed by atoms with Gasteiger partial charge in [0.1, 0.15) is 5.75 Å². The van der Waals surface area contributed by atoms with Crippen molar-refractivity contribution in [1.29, 1.82) is 0 Å². The Kier molecular flexibility index (Phi) is 3.54. The van der Waals surface area contributed by atoms with Crippen LogP contribution in [0.5, 0.6) is 5.75 Å². The Morgan fingerprint density at radius 2 is 1.62 bits per heavy atom. The molecule has 0 aromatic heterocycles. The zero-order chi connectivity index (χ0) is 16.7. The van der Waals surface area contributed by atoms with Crippen molar-refractivity contribution in [3.63, 3.8) is 0 Å². The van der Waals surface area contributed by atoms with Crippen molar-refractivity contribution in [1.82, 2.24) is 0 Å². The van der Waals surface area contributed by atoms with Crippen LogP contribution in [0.1, 0.15) is 5.56 Å². The number of rotatable bonds is 2. The third-order valence-electron chi connectivity index (χ3n) is 4.51. The van der Waals surface area contributed by atoms with Gasteiger partial charge in [0.25, 0.3) is 6.73 Å². The Morgan fingerprint density at radius 1 is 0.917 bits per heavy atom. The molecule has 1 aliphatic heterocycles. The summed E-state index contributed by atoms with van der Waals surface area (Å²) in [5, 5.41) is 4.07. The fourth-order valence-corrected chi connectivity index (χ4v) is 5.39. The zero-order valence-electron chi connectivity index (χ0n) is 14.4. The summed E-state index contributed by atoms with van der Waals surface area (Å²) < 4.78 is 8.46. The van der Waals surface area contributed by atoms with Gasteiger partial charge in [0, 0.05) is 12.1 Å². The molecular formula is C21H22NOSi+. The van der Waals surface area contributed by atoms with Gasteiger partial charge in [0.15, 0.2) is 6.21 Å².